The average molecular weight is 558 g/mol. The number of para-hydroxylation sites is 1. The third-order valence-electron chi connectivity index (χ3n) is 8.18. The Hall–Kier alpha value is -3.66. The summed E-state index contributed by atoms with van der Waals surface area (Å²) in [6, 6.07) is 15.6. The molecule has 2 aromatic heterocycles. The number of aryl methyl sites for hydroxylation is 1. The van der Waals surface area contributed by atoms with E-state index < -0.39 is 27.1 Å². The first kappa shape index (κ1) is 25.3. The number of nitrogens with zero attached hydrogens (tertiary/aromatic N) is 3. The van der Waals surface area contributed by atoms with Crippen LogP contribution in [0.1, 0.15) is 29.7 Å². The van der Waals surface area contributed by atoms with Gasteiger partial charge in [0.25, 0.3) is 11.8 Å². The minimum absolute atomic E-state index is 0.123. The van der Waals surface area contributed by atoms with Crippen LogP contribution in [0.4, 0.5) is 5.82 Å². The molecular formula is C29H28N5O5P. The topological polar surface area (TPSA) is 131 Å². The molecule has 40 heavy (non-hydrogen) atoms. The summed E-state index contributed by atoms with van der Waals surface area (Å²) in [7, 11) is -2.76. The lowest BCUT2D eigenvalue weighted by Gasteiger charge is -2.35. The molecule has 1 spiro atoms. The zero-order valence-electron chi connectivity index (χ0n) is 21.8. The van der Waals surface area contributed by atoms with Crippen molar-refractivity contribution in [1.82, 2.24) is 20.2 Å². The van der Waals surface area contributed by atoms with Gasteiger partial charge in [0.05, 0.1) is 16.8 Å². The van der Waals surface area contributed by atoms with Crippen LogP contribution in [0.25, 0.3) is 32.8 Å². The van der Waals surface area contributed by atoms with Gasteiger partial charge in [0.2, 0.25) is 0 Å². The van der Waals surface area contributed by atoms with Crippen LogP contribution < -0.4 is 10.2 Å². The van der Waals surface area contributed by atoms with Crippen LogP contribution in [0.2, 0.25) is 0 Å². The molecule has 2 aromatic carbocycles. The van der Waals surface area contributed by atoms with E-state index in [1.807, 2.05) is 55.5 Å². The Kier molecular flexibility index (Phi) is 5.99. The van der Waals surface area contributed by atoms with Crippen molar-refractivity contribution in [1.29, 1.82) is 0 Å². The number of H-pyrrole nitrogens is 1. The summed E-state index contributed by atoms with van der Waals surface area (Å²) in [4.78, 5) is 58.2. The number of imide groups is 1. The lowest BCUT2D eigenvalue weighted by atomic mass is 9.95. The molecule has 0 atom stereocenters. The highest BCUT2D eigenvalue weighted by molar-refractivity contribution is 7.39. The molecule has 0 radical (unpaired) electrons. The van der Waals surface area contributed by atoms with Crippen LogP contribution in [-0.2, 0) is 14.1 Å². The highest BCUT2D eigenvalue weighted by Crippen LogP contribution is 2.43. The Morgan fingerprint density at radius 1 is 1.05 bits per heavy atom. The number of aromatic nitrogens is 2. The van der Waals surface area contributed by atoms with Gasteiger partial charge in [-0.25, -0.2) is 9.88 Å². The molecule has 3 aliphatic rings. The van der Waals surface area contributed by atoms with Gasteiger partial charge in [0.15, 0.2) is 0 Å². The van der Waals surface area contributed by atoms with Gasteiger partial charge < -0.3 is 25.0 Å². The number of rotatable bonds is 6. The molecule has 1 saturated carbocycles. The van der Waals surface area contributed by atoms with Crippen LogP contribution in [0.15, 0.2) is 54.7 Å². The van der Waals surface area contributed by atoms with Gasteiger partial charge in [-0.1, -0.05) is 42.5 Å². The molecule has 11 heteroatoms. The van der Waals surface area contributed by atoms with E-state index in [-0.39, 0.29) is 16.7 Å². The molecule has 0 bridgehead atoms. The van der Waals surface area contributed by atoms with Crippen LogP contribution in [0, 0.1) is 6.92 Å². The van der Waals surface area contributed by atoms with Gasteiger partial charge in [0.1, 0.15) is 12.5 Å². The predicted octanol–water partition coefficient (Wildman–Crippen LogP) is 3.43. The molecule has 1 saturated heterocycles. The summed E-state index contributed by atoms with van der Waals surface area (Å²) in [5, 5.41) is 6.10. The smallest absolute Gasteiger partial charge is 0.328 e. The monoisotopic (exact) mass is 557 g/mol. The van der Waals surface area contributed by atoms with Crippen molar-refractivity contribution >= 4 is 59.1 Å². The zero-order valence-corrected chi connectivity index (χ0v) is 22.7. The molecule has 4 N–H and O–H groups in total. The average Bonchev–Trinajstić information content (AvgIpc) is 3.45. The number of pyridine rings is 1. The van der Waals surface area contributed by atoms with Crippen LogP contribution in [0.5, 0.6) is 0 Å². The molecule has 1 aliphatic carbocycles. The van der Waals surface area contributed by atoms with Crippen molar-refractivity contribution in [2.45, 2.75) is 25.3 Å². The molecule has 2 aliphatic heterocycles. The summed E-state index contributed by atoms with van der Waals surface area (Å²) >= 11 is 0. The quantitative estimate of drug-likeness (QED) is 0.210. The first-order valence-electron chi connectivity index (χ1n) is 13.2. The Morgan fingerprint density at radius 3 is 2.62 bits per heavy atom. The number of benzene rings is 2. The van der Waals surface area contributed by atoms with E-state index in [1.54, 1.807) is 6.20 Å². The molecule has 0 unspecified atom stereocenters. The highest BCUT2D eigenvalue weighted by atomic mass is 31.2. The third kappa shape index (κ3) is 4.11. The van der Waals surface area contributed by atoms with Gasteiger partial charge in [-0.2, -0.15) is 0 Å². The van der Waals surface area contributed by atoms with Crippen molar-refractivity contribution < 1.29 is 23.9 Å². The molecule has 7 rings (SSSR count). The maximum Gasteiger partial charge on any atom is 0.328 e. The number of carbonyl (C=O) groups is 2. The van der Waals surface area contributed by atoms with E-state index in [1.165, 1.54) is 0 Å². The largest absolute Gasteiger partial charge is 0.360 e. The number of fused-ring (bicyclic) bond motifs is 2. The normalized spacial score (nSPS) is 18.8. The second kappa shape index (κ2) is 9.47. The summed E-state index contributed by atoms with van der Waals surface area (Å²) in [6.07, 6.45) is 3.99. The van der Waals surface area contributed by atoms with E-state index in [4.69, 9.17) is 9.51 Å². The zero-order chi connectivity index (χ0) is 27.6. The third-order valence-corrected chi connectivity index (χ3v) is 8.53. The Labute approximate surface area is 231 Å². The van der Waals surface area contributed by atoms with Gasteiger partial charge in [-0.15, -0.1) is 0 Å². The number of amides is 2. The number of anilines is 1. The number of aromatic amines is 1. The van der Waals surface area contributed by atoms with Crippen molar-refractivity contribution in [3.05, 3.63) is 71.5 Å². The van der Waals surface area contributed by atoms with Gasteiger partial charge >= 0.3 is 8.60 Å². The van der Waals surface area contributed by atoms with Crippen molar-refractivity contribution in [3.63, 3.8) is 0 Å². The fraction of sp³-hybridized carbons (Fsp3) is 0.276. The maximum absolute atomic E-state index is 14.0. The maximum atomic E-state index is 14.0. The standard InChI is InChI=1S/C29H28N5O5P/c1-17-5-4-8-20-21(14-30-25(17)20)23-24(28(36)34(27(23)35)16-39-40(37)38)26-19-7-3-2-6-18(19)13-22(32-26)33-12-11-31-29(15-33)9-10-29/h2-8,13-14,30-31,37-38H,9-12,15-16H2,1H3. The fourth-order valence-electron chi connectivity index (χ4n) is 5.96. The number of carbonyl (C=O) groups excluding carboxylic acids is 2. The van der Waals surface area contributed by atoms with Crippen molar-refractivity contribution in [2.24, 2.45) is 0 Å². The number of piperazine rings is 1. The Morgan fingerprint density at radius 2 is 1.82 bits per heavy atom. The number of nitrogens with one attached hydrogen (secondary N) is 2. The summed E-state index contributed by atoms with van der Waals surface area (Å²) < 4.78 is 4.95. The second-order valence-corrected chi connectivity index (χ2v) is 11.4. The van der Waals surface area contributed by atoms with E-state index >= 15 is 0 Å². The van der Waals surface area contributed by atoms with Gasteiger partial charge in [0, 0.05) is 53.2 Å². The van der Waals surface area contributed by atoms with E-state index in [0.717, 1.165) is 70.4 Å². The minimum Gasteiger partial charge on any atom is -0.360 e. The molecule has 4 heterocycles. The lowest BCUT2D eigenvalue weighted by Crippen LogP contribution is -2.52. The van der Waals surface area contributed by atoms with E-state index in [0.29, 0.717) is 11.3 Å². The summed E-state index contributed by atoms with van der Waals surface area (Å²) in [6.45, 7) is 3.85. The Balaban J connectivity index is 1.45. The van der Waals surface area contributed by atoms with E-state index in [9.17, 15) is 19.4 Å². The Bertz CT molecular complexity index is 1730. The molecule has 4 aromatic rings. The van der Waals surface area contributed by atoms with E-state index in [2.05, 4.69) is 15.2 Å². The van der Waals surface area contributed by atoms with Crippen LogP contribution in [-0.4, -0.2) is 68.4 Å². The number of hydrogen-bond acceptors (Lipinski definition) is 8. The molecule has 10 nitrogen and oxygen atoms in total. The van der Waals surface area contributed by atoms with Crippen LogP contribution >= 0.6 is 8.60 Å². The van der Waals surface area contributed by atoms with Crippen molar-refractivity contribution in [3.8, 4) is 0 Å². The molecule has 2 fully saturated rings. The molecule has 2 amide bonds. The summed E-state index contributed by atoms with van der Waals surface area (Å²) in [5.74, 6) is -0.408. The SMILES string of the molecule is Cc1cccc2c(C3=C(c4nc(N5CCNC6(CC6)C5)cc5ccccc45)C(=O)N(COP(O)O)C3=O)c[nH]c12. The predicted molar refractivity (Wildman–Crippen MR) is 153 cm³/mol. The van der Waals surface area contributed by atoms with Crippen molar-refractivity contribution in [2.75, 3.05) is 31.3 Å². The first-order chi connectivity index (χ1) is 19.3. The summed E-state index contributed by atoms with van der Waals surface area (Å²) in [5.41, 5.74) is 3.39. The highest BCUT2D eigenvalue weighted by Gasteiger charge is 2.46. The second-order valence-electron chi connectivity index (χ2n) is 10.7. The number of hydrogen-bond donors (Lipinski definition) is 4. The van der Waals surface area contributed by atoms with Gasteiger partial charge in [-0.3, -0.25) is 14.1 Å². The van der Waals surface area contributed by atoms with Gasteiger partial charge in [-0.05, 0) is 36.8 Å². The minimum atomic E-state index is -2.76. The first-order valence-corrected chi connectivity index (χ1v) is 14.4. The van der Waals surface area contributed by atoms with Crippen LogP contribution in [0.3, 0.4) is 0 Å². The molecular weight excluding hydrogens is 529 g/mol. The molecule has 204 valence electrons. The lowest BCUT2D eigenvalue weighted by molar-refractivity contribution is -0.139. The fourth-order valence-corrected chi connectivity index (χ4v) is 6.18.